The van der Waals surface area contributed by atoms with Crippen LogP contribution >= 0.6 is 0 Å². The van der Waals surface area contributed by atoms with Crippen LogP contribution < -0.4 is 14.8 Å². The summed E-state index contributed by atoms with van der Waals surface area (Å²) in [6, 6.07) is 8.72. The predicted molar refractivity (Wildman–Crippen MR) is 85.4 cm³/mol. The van der Waals surface area contributed by atoms with Gasteiger partial charge in [-0.05, 0) is 43.7 Å². The van der Waals surface area contributed by atoms with Crippen molar-refractivity contribution in [1.82, 2.24) is 4.98 Å². The van der Waals surface area contributed by atoms with Gasteiger partial charge in [0.05, 0.1) is 19.8 Å². The molecule has 2 aromatic rings. The lowest BCUT2D eigenvalue weighted by atomic mass is 9.90. The number of hydrogen-bond acceptors (Lipinski definition) is 3. The van der Waals surface area contributed by atoms with Crippen LogP contribution in [0.15, 0.2) is 36.7 Å². The van der Waals surface area contributed by atoms with Crippen LogP contribution in [0, 0.1) is 0 Å². The Balaban J connectivity index is 2.03. The summed E-state index contributed by atoms with van der Waals surface area (Å²) in [5, 5.41) is 2.37. The molecule has 22 heavy (non-hydrogen) atoms. The smallest absolute Gasteiger partial charge is 0.161 e. The Morgan fingerprint density at radius 1 is 1.18 bits per heavy atom. The van der Waals surface area contributed by atoms with Gasteiger partial charge in [-0.3, -0.25) is 4.98 Å². The zero-order valence-corrected chi connectivity index (χ0v) is 13.2. The Bertz CT molecular complexity index is 628. The Morgan fingerprint density at radius 3 is 2.64 bits per heavy atom. The number of fused-ring (bicyclic) bond motifs is 1. The third-order valence-electron chi connectivity index (χ3n) is 4.00. The molecular formula is C18H23N2O2+. The lowest BCUT2D eigenvalue weighted by Gasteiger charge is -2.25. The van der Waals surface area contributed by atoms with Crippen molar-refractivity contribution in [3.63, 3.8) is 0 Å². The first-order chi connectivity index (χ1) is 10.8. The molecule has 0 radical (unpaired) electrons. The van der Waals surface area contributed by atoms with Gasteiger partial charge in [0, 0.05) is 29.9 Å². The first kappa shape index (κ1) is 14.9. The highest BCUT2D eigenvalue weighted by Gasteiger charge is 2.27. The summed E-state index contributed by atoms with van der Waals surface area (Å²) in [5.74, 6) is 1.70. The van der Waals surface area contributed by atoms with E-state index in [4.69, 9.17) is 9.47 Å². The van der Waals surface area contributed by atoms with Gasteiger partial charge >= 0.3 is 0 Å². The molecule has 0 unspecified atom stereocenters. The molecule has 0 saturated carbocycles. The van der Waals surface area contributed by atoms with Crippen molar-refractivity contribution in [1.29, 1.82) is 0 Å². The van der Waals surface area contributed by atoms with Crippen LogP contribution in [-0.2, 0) is 6.42 Å². The molecule has 0 amide bonds. The molecule has 2 N–H and O–H groups in total. The van der Waals surface area contributed by atoms with E-state index in [1.54, 1.807) is 0 Å². The molecule has 1 atom stereocenters. The Labute approximate surface area is 131 Å². The Kier molecular flexibility index (Phi) is 4.59. The number of pyridine rings is 1. The average Bonchev–Trinajstić information content (AvgIpc) is 2.56. The second kappa shape index (κ2) is 6.79. The van der Waals surface area contributed by atoms with Gasteiger partial charge in [-0.25, -0.2) is 0 Å². The molecule has 116 valence electrons. The van der Waals surface area contributed by atoms with E-state index in [1.807, 2.05) is 32.3 Å². The number of ether oxygens (including phenoxy) is 2. The minimum Gasteiger partial charge on any atom is -0.490 e. The van der Waals surface area contributed by atoms with Gasteiger partial charge in [-0.15, -0.1) is 0 Å². The van der Waals surface area contributed by atoms with Crippen LogP contribution in [0.2, 0.25) is 0 Å². The molecule has 0 spiro atoms. The fourth-order valence-corrected chi connectivity index (χ4v) is 3.07. The van der Waals surface area contributed by atoms with Crippen molar-refractivity contribution in [2.45, 2.75) is 26.3 Å². The van der Waals surface area contributed by atoms with Gasteiger partial charge < -0.3 is 14.8 Å². The summed E-state index contributed by atoms with van der Waals surface area (Å²) in [5.41, 5.74) is 3.89. The van der Waals surface area contributed by atoms with Crippen molar-refractivity contribution in [3.8, 4) is 11.5 Å². The monoisotopic (exact) mass is 299 g/mol. The number of benzene rings is 1. The van der Waals surface area contributed by atoms with Crippen molar-refractivity contribution in [2.24, 2.45) is 0 Å². The van der Waals surface area contributed by atoms with E-state index in [1.165, 1.54) is 16.7 Å². The van der Waals surface area contributed by atoms with Crippen LogP contribution in [0.1, 0.15) is 36.6 Å². The normalized spacial score (nSPS) is 16.9. The second-order valence-electron chi connectivity index (χ2n) is 5.40. The molecule has 2 heterocycles. The molecule has 1 aromatic heterocycles. The number of quaternary nitrogens is 1. The van der Waals surface area contributed by atoms with E-state index in [0.717, 1.165) is 24.5 Å². The minimum atomic E-state index is 0.285. The Morgan fingerprint density at radius 2 is 1.95 bits per heavy atom. The summed E-state index contributed by atoms with van der Waals surface area (Å²) < 4.78 is 11.5. The van der Waals surface area contributed by atoms with E-state index >= 15 is 0 Å². The molecule has 1 aliphatic rings. The Hall–Kier alpha value is -2.07. The number of hydrogen-bond donors (Lipinski definition) is 1. The largest absolute Gasteiger partial charge is 0.490 e. The van der Waals surface area contributed by atoms with Crippen molar-refractivity contribution < 1.29 is 14.8 Å². The number of nitrogens with two attached hydrogens (primary N) is 1. The summed E-state index contributed by atoms with van der Waals surface area (Å²) in [7, 11) is 0. The van der Waals surface area contributed by atoms with Crippen LogP contribution in [0.4, 0.5) is 0 Å². The number of aromatic nitrogens is 1. The van der Waals surface area contributed by atoms with Crippen LogP contribution in [0.25, 0.3) is 0 Å². The summed E-state index contributed by atoms with van der Waals surface area (Å²) in [4.78, 5) is 4.26. The van der Waals surface area contributed by atoms with Crippen LogP contribution in [0.3, 0.4) is 0 Å². The van der Waals surface area contributed by atoms with Gasteiger partial charge in [-0.1, -0.05) is 0 Å². The third-order valence-corrected chi connectivity index (χ3v) is 4.00. The quantitative estimate of drug-likeness (QED) is 0.919. The molecule has 4 heteroatoms. The topological polar surface area (TPSA) is 48.0 Å². The fraction of sp³-hybridized carbons (Fsp3) is 0.389. The van der Waals surface area contributed by atoms with Crippen LogP contribution in [0.5, 0.6) is 11.5 Å². The maximum atomic E-state index is 5.79. The molecular weight excluding hydrogens is 276 g/mol. The van der Waals surface area contributed by atoms with E-state index < -0.39 is 0 Å². The highest BCUT2D eigenvalue weighted by molar-refractivity contribution is 5.50. The summed E-state index contributed by atoms with van der Waals surface area (Å²) in [6.45, 7) is 6.37. The third kappa shape index (κ3) is 2.92. The predicted octanol–water partition coefficient (Wildman–Crippen LogP) is 2.09. The molecule has 0 aliphatic carbocycles. The highest BCUT2D eigenvalue weighted by Crippen LogP contribution is 2.35. The maximum absolute atomic E-state index is 5.79. The SMILES string of the molecule is CCOc1cc2c(cc1OCC)[C@@H](c1cccnc1)[NH2+]CC2. The first-order valence-electron chi connectivity index (χ1n) is 7.99. The van der Waals surface area contributed by atoms with Gasteiger partial charge in [0.25, 0.3) is 0 Å². The molecule has 1 aliphatic heterocycles. The minimum absolute atomic E-state index is 0.285. The van der Waals surface area contributed by atoms with E-state index in [-0.39, 0.29) is 6.04 Å². The van der Waals surface area contributed by atoms with E-state index in [9.17, 15) is 0 Å². The molecule has 0 fully saturated rings. The summed E-state index contributed by atoms with van der Waals surface area (Å²) >= 11 is 0. The van der Waals surface area contributed by atoms with E-state index in [0.29, 0.717) is 13.2 Å². The van der Waals surface area contributed by atoms with Crippen LogP contribution in [-0.4, -0.2) is 24.7 Å². The van der Waals surface area contributed by atoms with Gasteiger partial charge in [0.15, 0.2) is 11.5 Å². The van der Waals surface area contributed by atoms with Gasteiger partial charge in [0.2, 0.25) is 0 Å². The zero-order chi connectivity index (χ0) is 15.4. The fourth-order valence-electron chi connectivity index (χ4n) is 3.07. The molecule has 1 aromatic carbocycles. The van der Waals surface area contributed by atoms with Crippen molar-refractivity contribution in [3.05, 3.63) is 53.3 Å². The second-order valence-corrected chi connectivity index (χ2v) is 5.40. The van der Waals surface area contributed by atoms with Crippen molar-refractivity contribution in [2.75, 3.05) is 19.8 Å². The standard InChI is InChI=1S/C18H22N2O2/c1-3-21-16-10-13-7-9-20-18(14-6-5-8-19-12-14)15(13)11-17(16)22-4-2/h5-6,8,10-12,18,20H,3-4,7,9H2,1-2H3/p+1/t18-/m1/s1. The number of nitrogens with zero attached hydrogens (tertiary/aromatic N) is 1. The van der Waals surface area contributed by atoms with Gasteiger partial charge in [-0.2, -0.15) is 0 Å². The first-order valence-corrected chi connectivity index (χ1v) is 7.99. The highest BCUT2D eigenvalue weighted by atomic mass is 16.5. The lowest BCUT2D eigenvalue weighted by molar-refractivity contribution is -0.690. The molecule has 4 nitrogen and oxygen atoms in total. The molecule has 0 bridgehead atoms. The summed E-state index contributed by atoms with van der Waals surface area (Å²) in [6.07, 6.45) is 4.82. The average molecular weight is 299 g/mol. The lowest BCUT2D eigenvalue weighted by Crippen LogP contribution is -2.87. The number of rotatable bonds is 5. The maximum Gasteiger partial charge on any atom is 0.161 e. The zero-order valence-electron chi connectivity index (χ0n) is 13.2. The molecule has 3 rings (SSSR count). The van der Waals surface area contributed by atoms with E-state index in [2.05, 4.69) is 28.5 Å². The molecule has 0 saturated heterocycles. The van der Waals surface area contributed by atoms with Crippen molar-refractivity contribution >= 4 is 0 Å². The van der Waals surface area contributed by atoms with Gasteiger partial charge in [0.1, 0.15) is 6.04 Å².